The summed E-state index contributed by atoms with van der Waals surface area (Å²) in [6.07, 6.45) is 2.72. The van der Waals surface area contributed by atoms with Crippen molar-refractivity contribution in [1.29, 1.82) is 0 Å². The third kappa shape index (κ3) is 3.88. The summed E-state index contributed by atoms with van der Waals surface area (Å²) in [5.74, 6) is -0.941. The van der Waals surface area contributed by atoms with E-state index in [2.05, 4.69) is 41.6 Å². The summed E-state index contributed by atoms with van der Waals surface area (Å²) < 4.78 is 0.900. The number of carbonyl (C=O) groups is 1. The van der Waals surface area contributed by atoms with Crippen molar-refractivity contribution in [3.63, 3.8) is 0 Å². The van der Waals surface area contributed by atoms with Crippen molar-refractivity contribution in [2.45, 2.75) is 26.8 Å². The first-order valence-electron chi connectivity index (χ1n) is 5.93. The molecule has 1 rings (SSSR count). The highest BCUT2D eigenvalue weighted by Crippen LogP contribution is 2.26. The van der Waals surface area contributed by atoms with Crippen molar-refractivity contribution in [1.82, 2.24) is 0 Å². The number of anilines is 1. The van der Waals surface area contributed by atoms with Crippen molar-refractivity contribution in [3.05, 3.63) is 34.3 Å². The molecular weight excluding hydrogens is 294 g/mol. The topological polar surface area (TPSA) is 40.5 Å². The molecule has 98 valence electrons. The molecule has 0 unspecified atom stereocenters. The van der Waals surface area contributed by atoms with Crippen molar-refractivity contribution in [3.8, 4) is 0 Å². The summed E-state index contributed by atoms with van der Waals surface area (Å²) in [5.41, 5.74) is 1.99. The molecule has 3 nitrogen and oxygen atoms in total. The van der Waals surface area contributed by atoms with Gasteiger partial charge in [-0.25, -0.2) is 4.79 Å². The third-order valence-electron chi connectivity index (χ3n) is 2.69. The van der Waals surface area contributed by atoms with Crippen LogP contribution in [0.3, 0.4) is 0 Å². The van der Waals surface area contributed by atoms with E-state index >= 15 is 0 Å². The fraction of sp³-hybridized carbons (Fsp3) is 0.357. The number of halogens is 1. The van der Waals surface area contributed by atoms with Gasteiger partial charge in [-0.1, -0.05) is 22.0 Å². The Hall–Kier alpha value is -1.29. The highest BCUT2D eigenvalue weighted by atomic mass is 79.9. The van der Waals surface area contributed by atoms with Crippen LogP contribution in [-0.2, 0) is 4.79 Å². The van der Waals surface area contributed by atoms with Gasteiger partial charge in [0.2, 0.25) is 0 Å². The molecule has 0 amide bonds. The summed E-state index contributed by atoms with van der Waals surface area (Å²) >= 11 is 3.47. The monoisotopic (exact) mass is 311 g/mol. The number of hydrogen-bond donors (Lipinski definition) is 1. The maximum Gasteiger partial charge on any atom is 0.328 e. The summed E-state index contributed by atoms with van der Waals surface area (Å²) in [6.45, 7) is 7.35. The third-order valence-corrected chi connectivity index (χ3v) is 3.37. The number of hydrogen-bond acceptors (Lipinski definition) is 2. The largest absolute Gasteiger partial charge is 0.478 e. The lowest BCUT2D eigenvalue weighted by atomic mass is 10.1. The Morgan fingerprint density at radius 3 is 2.61 bits per heavy atom. The van der Waals surface area contributed by atoms with Gasteiger partial charge in [-0.2, -0.15) is 0 Å². The van der Waals surface area contributed by atoms with Crippen LogP contribution in [0.25, 0.3) is 6.08 Å². The lowest BCUT2D eigenvalue weighted by Gasteiger charge is -2.27. The number of nitrogens with zero attached hydrogens (tertiary/aromatic N) is 1. The lowest BCUT2D eigenvalue weighted by molar-refractivity contribution is -0.131. The second-order valence-electron chi connectivity index (χ2n) is 4.26. The van der Waals surface area contributed by atoms with E-state index in [9.17, 15) is 4.79 Å². The van der Waals surface area contributed by atoms with E-state index in [1.165, 1.54) is 0 Å². The molecule has 0 aliphatic heterocycles. The van der Waals surface area contributed by atoms with Gasteiger partial charge in [0.25, 0.3) is 0 Å². The van der Waals surface area contributed by atoms with Crippen molar-refractivity contribution in [2.75, 3.05) is 11.4 Å². The zero-order valence-electron chi connectivity index (χ0n) is 10.9. The van der Waals surface area contributed by atoms with E-state index in [-0.39, 0.29) is 0 Å². The smallest absolute Gasteiger partial charge is 0.328 e. The van der Waals surface area contributed by atoms with Gasteiger partial charge >= 0.3 is 5.97 Å². The molecule has 0 radical (unpaired) electrons. The average Bonchev–Trinajstić information content (AvgIpc) is 2.28. The molecule has 0 spiro atoms. The van der Waals surface area contributed by atoms with E-state index in [1.54, 1.807) is 6.08 Å². The fourth-order valence-corrected chi connectivity index (χ4v) is 2.34. The van der Waals surface area contributed by atoms with Gasteiger partial charge in [0.1, 0.15) is 0 Å². The quantitative estimate of drug-likeness (QED) is 0.841. The van der Waals surface area contributed by atoms with E-state index in [1.807, 2.05) is 18.2 Å². The zero-order valence-corrected chi connectivity index (χ0v) is 12.4. The number of aliphatic carboxylic acids is 1. The maximum atomic E-state index is 10.5. The molecule has 18 heavy (non-hydrogen) atoms. The molecule has 0 saturated heterocycles. The molecule has 0 saturated carbocycles. The van der Waals surface area contributed by atoms with Crippen LogP contribution >= 0.6 is 15.9 Å². The van der Waals surface area contributed by atoms with Gasteiger partial charge in [-0.15, -0.1) is 0 Å². The van der Waals surface area contributed by atoms with Crippen LogP contribution in [0, 0.1) is 0 Å². The van der Waals surface area contributed by atoms with Crippen LogP contribution in [0.1, 0.15) is 26.3 Å². The van der Waals surface area contributed by atoms with Crippen molar-refractivity contribution >= 4 is 33.7 Å². The molecule has 0 fully saturated rings. The lowest BCUT2D eigenvalue weighted by Crippen LogP contribution is -2.30. The maximum absolute atomic E-state index is 10.5. The normalized spacial score (nSPS) is 11.2. The Morgan fingerprint density at radius 1 is 1.50 bits per heavy atom. The van der Waals surface area contributed by atoms with Crippen molar-refractivity contribution < 1.29 is 9.90 Å². The molecule has 0 heterocycles. The standard InChI is InChI=1S/C14H18BrNO2/c1-4-16(10(2)3)12-7-5-11(13(15)9-12)6-8-14(17)18/h5-10H,4H2,1-3H3,(H,17,18)/b8-6+. The summed E-state index contributed by atoms with van der Waals surface area (Å²) in [5, 5.41) is 8.61. The minimum absolute atomic E-state index is 0.433. The average molecular weight is 312 g/mol. The predicted octanol–water partition coefficient (Wildman–Crippen LogP) is 3.78. The minimum Gasteiger partial charge on any atom is -0.478 e. The Balaban J connectivity index is 3.01. The molecule has 1 aromatic rings. The number of carboxylic acid groups (broad SMARTS) is 1. The predicted molar refractivity (Wildman–Crippen MR) is 79.0 cm³/mol. The first kappa shape index (κ1) is 14.8. The molecule has 0 aliphatic carbocycles. The van der Waals surface area contributed by atoms with Gasteiger partial charge in [0.15, 0.2) is 0 Å². The van der Waals surface area contributed by atoms with Crippen LogP contribution < -0.4 is 4.90 Å². The van der Waals surface area contributed by atoms with Crippen LogP contribution in [0.5, 0.6) is 0 Å². The Morgan fingerprint density at radius 2 is 2.17 bits per heavy atom. The number of carboxylic acids is 1. The van der Waals surface area contributed by atoms with Gasteiger partial charge in [0.05, 0.1) is 0 Å². The van der Waals surface area contributed by atoms with Gasteiger partial charge in [-0.3, -0.25) is 0 Å². The molecule has 1 N–H and O–H groups in total. The summed E-state index contributed by atoms with van der Waals surface area (Å²) in [4.78, 5) is 12.8. The summed E-state index contributed by atoms with van der Waals surface area (Å²) in [6, 6.07) is 6.38. The molecule has 0 aromatic heterocycles. The Labute approximate surface area is 116 Å². The fourth-order valence-electron chi connectivity index (χ4n) is 1.84. The van der Waals surface area contributed by atoms with Crippen LogP contribution in [-0.4, -0.2) is 23.7 Å². The van der Waals surface area contributed by atoms with Gasteiger partial charge in [-0.05, 0) is 44.5 Å². The molecule has 4 heteroatoms. The van der Waals surface area contributed by atoms with E-state index < -0.39 is 5.97 Å². The highest BCUT2D eigenvalue weighted by Gasteiger charge is 2.09. The van der Waals surface area contributed by atoms with E-state index in [0.717, 1.165) is 28.3 Å². The van der Waals surface area contributed by atoms with Crippen molar-refractivity contribution in [2.24, 2.45) is 0 Å². The molecule has 1 aromatic carbocycles. The van der Waals surface area contributed by atoms with Gasteiger partial charge in [0, 0.05) is 28.8 Å². The van der Waals surface area contributed by atoms with Crippen LogP contribution in [0.15, 0.2) is 28.7 Å². The molecule has 0 aliphatic rings. The van der Waals surface area contributed by atoms with Gasteiger partial charge < -0.3 is 10.0 Å². The van der Waals surface area contributed by atoms with Crippen LogP contribution in [0.4, 0.5) is 5.69 Å². The SMILES string of the molecule is CCN(c1ccc(/C=C/C(=O)O)c(Br)c1)C(C)C. The number of benzene rings is 1. The number of rotatable bonds is 5. The second kappa shape index (κ2) is 6.59. The first-order chi connectivity index (χ1) is 8.45. The molecule has 0 bridgehead atoms. The first-order valence-corrected chi connectivity index (χ1v) is 6.72. The molecular formula is C14H18BrNO2. The van der Waals surface area contributed by atoms with Crippen LogP contribution in [0.2, 0.25) is 0 Å². The van der Waals surface area contributed by atoms with E-state index in [0.29, 0.717) is 6.04 Å². The Bertz CT molecular complexity index is 455. The highest BCUT2D eigenvalue weighted by molar-refractivity contribution is 9.10. The zero-order chi connectivity index (χ0) is 13.7. The molecule has 0 atom stereocenters. The Kier molecular flexibility index (Phi) is 5.41. The second-order valence-corrected chi connectivity index (χ2v) is 5.11. The minimum atomic E-state index is -0.941. The summed E-state index contributed by atoms with van der Waals surface area (Å²) in [7, 11) is 0. The van der Waals surface area contributed by atoms with E-state index in [4.69, 9.17) is 5.11 Å².